The Balaban J connectivity index is 2.75. The average Bonchev–Trinajstić information content (AvgIpc) is 2.33. The van der Waals surface area contributed by atoms with E-state index in [1.807, 2.05) is 20.8 Å². The van der Waals surface area contributed by atoms with Crippen molar-refractivity contribution in [3.8, 4) is 11.3 Å². The zero-order valence-corrected chi connectivity index (χ0v) is 12.8. The van der Waals surface area contributed by atoms with E-state index in [1.165, 1.54) is 6.07 Å². The molecule has 2 rings (SSSR count). The van der Waals surface area contributed by atoms with Crippen molar-refractivity contribution in [1.29, 1.82) is 0 Å². The minimum atomic E-state index is -0.775. The summed E-state index contributed by atoms with van der Waals surface area (Å²) in [5, 5.41) is 0. The Bertz CT molecular complexity index is 720. The minimum Gasteiger partial charge on any atom is -0.310 e. The van der Waals surface area contributed by atoms with E-state index in [4.69, 9.17) is 0 Å². The highest BCUT2D eigenvalue weighted by molar-refractivity contribution is 9.10. The number of aromatic amines is 1. The van der Waals surface area contributed by atoms with E-state index in [2.05, 4.69) is 25.9 Å². The molecule has 3 nitrogen and oxygen atoms in total. The van der Waals surface area contributed by atoms with Gasteiger partial charge in [-0.3, -0.25) is 4.79 Å². The quantitative estimate of drug-likeness (QED) is 0.801. The van der Waals surface area contributed by atoms with E-state index < -0.39 is 22.6 Å². The van der Waals surface area contributed by atoms with Gasteiger partial charge < -0.3 is 4.98 Å². The lowest BCUT2D eigenvalue weighted by Crippen LogP contribution is -2.22. The number of nitrogens with zero attached hydrogens (tertiary/aromatic N) is 1. The van der Waals surface area contributed by atoms with Crippen LogP contribution in [0.5, 0.6) is 0 Å². The second kappa shape index (κ2) is 5.09. The fraction of sp³-hybridized carbons (Fsp3) is 0.286. The molecule has 0 unspecified atom stereocenters. The minimum absolute atomic E-state index is 0.0185. The van der Waals surface area contributed by atoms with Gasteiger partial charge in [0, 0.05) is 11.5 Å². The molecule has 2 aromatic rings. The normalized spacial score (nSPS) is 11.7. The second-order valence-corrected chi connectivity index (χ2v) is 6.30. The standard InChI is InChI=1S/C14H13BrF2N2O/c1-14(2,3)13-18-9(6-10(20)19-13)11-8(16)5-4-7(15)12(11)17/h4-6H,1-3H3,(H,18,19,20). The third-order valence-corrected chi connectivity index (χ3v) is 3.36. The molecule has 0 saturated heterocycles. The zero-order chi connectivity index (χ0) is 15.1. The number of benzene rings is 1. The molecule has 0 radical (unpaired) electrons. The smallest absolute Gasteiger partial charge is 0.251 e. The first-order chi connectivity index (χ1) is 9.20. The fourth-order valence-electron chi connectivity index (χ4n) is 1.70. The van der Waals surface area contributed by atoms with E-state index in [9.17, 15) is 13.6 Å². The van der Waals surface area contributed by atoms with Gasteiger partial charge in [-0.15, -0.1) is 0 Å². The molecule has 1 N–H and O–H groups in total. The summed E-state index contributed by atoms with van der Waals surface area (Å²) in [5.74, 6) is -1.16. The van der Waals surface area contributed by atoms with Gasteiger partial charge in [0.2, 0.25) is 0 Å². The first kappa shape index (κ1) is 14.8. The van der Waals surface area contributed by atoms with Gasteiger partial charge in [0.15, 0.2) is 0 Å². The topological polar surface area (TPSA) is 45.8 Å². The van der Waals surface area contributed by atoms with Gasteiger partial charge in [0.25, 0.3) is 5.56 Å². The Labute approximate surface area is 123 Å². The van der Waals surface area contributed by atoms with E-state index in [0.29, 0.717) is 5.82 Å². The van der Waals surface area contributed by atoms with E-state index in [0.717, 1.165) is 12.1 Å². The molecule has 0 aliphatic carbocycles. The van der Waals surface area contributed by atoms with Crippen LogP contribution in [0.1, 0.15) is 26.6 Å². The number of rotatable bonds is 1. The van der Waals surface area contributed by atoms with Gasteiger partial charge in [-0.05, 0) is 28.1 Å². The Morgan fingerprint density at radius 1 is 1.25 bits per heavy atom. The van der Waals surface area contributed by atoms with Crippen molar-refractivity contribution in [3.05, 3.63) is 50.5 Å². The van der Waals surface area contributed by atoms with Crippen molar-refractivity contribution in [3.63, 3.8) is 0 Å². The maximum atomic E-state index is 14.1. The first-order valence-corrected chi connectivity index (χ1v) is 6.75. The number of aromatic nitrogens is 2. The van der Waals surface area contributed by atoms with Crippen LogP contribution in [-0.2, 0) is 5.41 Å². The maximum Gasteiger partial charge on any atom is 0.251 e. The number of nitrogens with one attached hydrogen (secondary N) is 1. The lowest BCUT2D eigenvalue weighted by molar-refractivity contribution is 0.541. The predicted molar refractivity (Wildman–Crippen MR) is 76.6 cm³/mol. The fourth-order valence-corrected chi connectivity index (χ4v) is 2.03. The number of hydrogen-bond acceptors (Lipinski definition) is 2. The van der Waals surface area contributed by atoms with Crippen LogP contribution in [0.2, 0.25) is 0 Å². The molecule has 0 saturated carbocycles. The van der Waals surface area contributed by atoms with Crippen LogP contribution in [0.15, 0.2) is 27.5 Å². The molecular formula is C14H13BrF2N2O. The van der Waals surface area contributed by atoms with Gasteiger partial charge in [0.05, 0.1) is 15.7 Å². The van der Waals surface area contributed by atoms with Gasteiger partial charge >= 0.3 is 0 Å². The summed E-state index contributed by atoms with van der Waals surface area (Å²) in [4.78, 5) is 18.5. The molecule has 20 heavy (non-hydrogen) atoms. The third-order valence-electron chi connectivity index (χ3n) is 2.75. The van der Waals surface area contributed by atoms with E-state index in [1.54, 1.807) is 0 Å². The van der Waals surface area contributed by atoms with Crippen molar-refractivity contribution < 1.29 is 8.78 Å². The molecule has 0 fully saturated rings. The van der Waals surface area contributed by atoms with Crippen LogP contribution in [-0.4, -0.2) is 9.97 Å². The van der Waals surface area contributed by atoms with Crippen molar-refractivity contribution in [2.45, 2.75) is 26.2 Å². The Hall–Kier alpha value is -1.56. The predicted octanol–water partition coefficient (Wildman–Crippen LogP) is 3.78. The largest absolute Gasteiger partial charge is 0.310 e. The molecular weight excluding hydrogens is 330 g/mol. The molecule has 1 aromatic heterocycles. The molecule has 1 heterocycles. The number of halogens is 3. The van der Waals surface area contributed by atoms with Crippen LogP contribution in [0, 0.1) is 11.6 Å². The number of H-pyrrole nitrogens is 1. The lowest BCUT2D eigenvalue weighted by atomic mass is 9.95. The summed E-state index contributed by atoms with van der Waals surface area (Å²) >= 11 is 3.00. The van der Waals surface area contributed by atoms with Crippen LogP contribution in [0.25, 0.3) is 11.3 Å². The molecule has 0 aliphatic heterocycles. The summed E-state index contributed by atoms with van der Waals surface area (Å²) in [7, 11) is 0. The monoisotopic (exact) mass is 342 g/mol. The summed E-state index contributed by atoms with van der Waals surface area (Å²) < 4.78 is 28.1. The Morgan fingerprint density at radius 3 is 2.50 bits per heavy atom. The van der Waals surface area contributed by atoms with Gasteiger partial charge in [-0.2, -0.15) is 0 Å². The van der Waals surface area contributed by atoms with Crippen molar-refractivity contribution in [2.24, 2.45) is 0 Å². The molecule has 0 spiro atoms. The number of hydrogen-bond donors (Lipinski definition) is 1. The molecule has 0 amide bonds. The van der Waals surface area contributed by atoms with Crippen LogP contribution in [0.3, 0.4) is 0 Å². The lowest BCUT2D eigenvalue weighted by Gasteiger charge is -2.18. The molecule has 106 valence electrons. The highest BCUT2D eigenvalue weighted by Gasteiger charge is 2.21. The third kappa shape index (κ3) is 2.80. The van der Waals surface area contributed by atoms with Crippen LogP contribution < -0.4 is 5.56 Å². The molecule has 0 aliphatic rings. The highest BCUT2D eigenvalue weighted by atomic mass is 79.9. The molecule has 0 bridgehead atoms. The Morgan fingerprint density at radius 2 is 1.90 bits per heavy atom. The molecule has 1 aromatic carbocycles. The van der Waals surface area contributed by atoms with Gasteiger partial charge in [-0.25, -0.2) is 13.8 Å². The summed E-state index contributed by atoms with van der Waals surface area (Å²) in [6, 6.07) is 3.48. The molecule has 6 heteroatoms. The van der Waals surface area contributed by atoms with E-state index >= 15 is 0 Å². The van der Waals surface area contributed by atoms with E-state index in [-0.39, 0.29) is 15.7 Å². The SMILES string of the molecule is CC(C)(C)c1nc(-c2c(F)ccc(Br)c2F)cc(=O)[nH]1. The zero-order valence-electron chi connectivity index (χ0n) is 11.2. The second-order valence-electron chi connectivity index (χ2n) is 5.45. The maximum absolute atomic E-state index is 14.1. The van der Waals surface area contributed by atoms with Gasteiger partial charge in [0.1, 0.15) is 17.5 Å². The van der Waals surface area contributed by atoms with Crippen LogP contribution >= 0.6 is 15.9 Å². The van der Waals surface area contributed by atoms with Crippen molar-refractivity contribution in [1.82, 2.24) is 9.97 Å². The summed E-state index contributed by atoms with van der Waals surface area (Å²) in [6.07, 6.45) is 0. The molecule has 0 atom stereocenters. The summed E-state index contributed by atoms with van der Waals surface area (Å²) in [5.41, 5.74) is -1.21. The Kier molecular flexibility index (Phi) is 3.77. The van der Waals surface area contributed by atoms with Crippen LogP contribution in [0.4, 0.5) is 8.78 Å². The van der Waals surface area contributed by atoms with Crippen molar-refractivity contribution in [2.75, 3.05) is 0 Å². The summed E-state index contributed by atoms with van der Waals surface area (Å²) in [6.45, 7) is 5.55. The average molecular weight is 343 g/mol. The first-order valence-electron chi connectivity index (χ1n) is 5.96. The van der Waals surface area contributed by atoms with Gasteiger partial charge in [-0.1, -0.05) is 20.8 Å². The van der Waals surface area contributed by atoms with Crippen molar-refractivity contribution >= 4 is 15.9 Å². The highest BCUT2D eigenvalue weighted by Crippen LogP contribution is 2.29.